The number of nitrogens with zero attached hydrogens (tertiary/aromatic N) is 4. The normalized spacial score (nSPS) is 23.1. The molecular formula is C17H17N5O3. The van der Waals surface area contributed by atoms with Gasteiger partial charge in [-0.05, 0) is 24.6 Å². The van der Waals surface area contributed by atoms with Crippen molar-refractivity contribution in [1.82, 2.24) is 25.1 Å². The van der Waals surface area contributed by atoms with E-state index in [0.29, 0.717) is 24.0 Å². The minimum Gasteiger partial charge on any atom is -0.347 e. The highest BCUT2D eigenvalue weighted by atomic mass is 16.2. The van der Waals surface area contributed by atoms with Crippen LogP contribution in [0.2, 0.25) is 0 Å². The molecule has 0 spiro atoms. The van der Waals surface area contributed by atoms with Crippen LogP contribution in [0.4, 0.5) is 0 Å². The molecule has 2 aromatic rings. The Morgan fingerprint density at radius 3 is 2.76 bits per heavy atom. The molecule has 1 N–H and O–H groups in total. The monoisotopic (exact) mass is 339 g/mol. The van der Waals surface area contributed by atoms with E-state index >= 15 is 0 Å². The average Bonchev–Trinajstić information content (AvgIpc) is 3.04. The summed E-state index contributed by atoms with van der Waals surface area (Å²) in [5.41, 5.74) is 1.84. The van der Waals surface area contributed by atoms with E-state index in [1.54, 1.807) is 42.5 Å². The minimum atomic E-state index is -0.473. The number of hydrogen-bond donors (Lipinski definition) is 1. The Hall–Kier alpha value is -3.03. The van der Waals surface area contributed by atoms with Crippen LogP contribution in [0.5, 0.6) is 0 Å². The van der Waals surface area contributed by atoms with Crippen LogP contribution in [0, 0.1) is 0 Å². The molecule has 2 atom stereocenters. The quantitative estimate of drug-likeness (QED) is 0.818. The van der Waals surface area contributed by atoms with E-state index in [1.807, 2.05) is 0 Å². The molecule has 128 valence electrons. The third kappa shape index (κ3) is 2.69. The zero-order valence-electron chi connectivity index (χ0n) is 13.7. The van der Waals surface area contributed by atoms with Crippen LogP contribution in [-0.2, 0) is 9.59 Å². The lowest BCUT2D eigenvalue weighted by Crippen LogP contribution is -2.55. The van der Waals surface area contributed by atoms with Gasteiger partial charge >= 0.3 is 0 Å². The van der Waals surface area contributed by atoms with E-state index in [9.17, 15) is 14.4 Å². The number of fused-ring (bicyclic) bond motifs is 2. The number of amides is 3. The molecule has 2 saturated heterocycles. The predicted molar refractivity (Wildman–Crippen MR) is 88.5 cm³/mol. The third-order valence-electron chi connectivity index (χ3n) is 4.72. The van der Waals surface area contributed by atoms with Crippen LogP contribution in [0.1, 0.15) is 16.8 Å². The molecule has 2 aliphatic rings. The molecule has 0 unspecified atom stereocenters. The van der Waals surface area contributed by atoms with Gasteiger partial charge in [0.2, 0.25) is 11.8 Å². The highest BCUT2D eigenvalue weighted by molar-refractivity contribution is 5.98. The topological polar surface area (TPSA) is 95.5 Å². The molecule has 8 nitrogen and oxygen atoms in total. The third-order valence-corrected chi connectivity index (χ3v) is 4.72. The molecule has 1 aromatic heterocycles. The average molecular weight is 339 g/mol. The summed E-state index contributed by atoms with van der Waals surface area (Å²) in [5.74, 6) is -0.396. The summed E-state index contributed by atoms with van der Waals surface area (Å²) < 4.78 is 0. The Labute approximate surface area is 143 Å². The van der Waals surface area contributed by atoms with Crippen molar-refractivity contribution in [1.29, 1.82) is 0 Å². The van der Waals surface area contributed by atoms with Crippen molar-refractivity contribution in [2.75, 3.05) is 20.1 Å². The van der Waals surface area contributed by atoms with Crippen molar-refractivity contribution in [3.05, 3.63) is 36.2 Å². The van der Waals surface area contributed by atoms with Crippen molar-refractivity contribution in [2.45, 2.75) is 18.5 Å². The molecule has 0 bridgehead atoms. The van der Waals surface area contributed by atoms with E-state index in [2.05, 4.69) is 15.3 Å². The number of rotatable bonds is 2. The number of piperazine rings is 1. The number of carbonyl (C=O) groups is 3. The van der Waals surface area contributed by atoms with Crippen molar-refractivity contribution in [2.24, 2.45) is 0 Å². The Balaban J connectivity index is 1.49. The molecule has 0 radical (unpaired) electrons. The van der Waals surface area contributed by atoms with Gasteiger partial charge < -0.3 is 15.1 Å². The second kappa shape index (κ2) is 5.80. The lowest BCUT2D eigenvalue weighted by atomic mass is 10.1. The number of likely N-dealkylation sites (N-methyl/N-ethyl adjacent to an activating group) is 1. The Morgan fingerprint density at radius 1 is 1.20 bits per heavy atom. The molecular weight excluding hydrogens is 322 g/mol. The Kier molecular flexibility index (Phi) is 3.60. The Bertz CT molecular complexity index is 883. The number of nitrogens with one attached hydrogen (secondary N) is 1. The van der Waals surface area contributed by atoms with Crippen LogP contribution < -0.4 is 5.32 Å². The van der Waals surface area contributed by atoms with Crippen LogP contribution in [0.3, 0.4) is 0 Å². The van der Waals surface area contributed by atoms with Crippen molar-refractivity contribution in [3.8, 4) is 0 Å². The summed E-state index contributed by atoms with van der Waals surface area (Å²) in [6, 6.07) is 4.41. The summed E-state index contributed by atoms with van der Waals surface area (Å²) in [6.07, 6.45) is 3.61. The molecule has 2 aliphatic heterocycles. The van der Waals surface area contributed by atoms with Gasteiger partial charge in [0.25, 0.3) is 5.91 Å². The predicted octanol–water partition coefficient (Wildman–Crippen LogP) is -0.199. The van der Waals surface area contributed by atoms with Gasteiger partial charge in [-0.3, -0.25) is 24.4 Å². The van der Waals surface area contributed by atoms with E-state index in [4.69, 9.17) is 0 Å². The highest BCUT2D eigenvalue weighted by Gasteiger charge is 2.44. The lowest BCUT2D eigenvalue weighted by molar-refractivity contribution is -0.152. The first kappa shape index (κ1) is 15.5. The fraction of sp³-hybridized carbons (Fsp3) is 0.353. The fourth-order valence-corrected chi connectivity index (χ4v) is 3.45. The van der Waals surface area contributed by atoms with Crippen LogP contribution in [0.25, 0.3) is 11.0 Å². The van der Waals surface area contributed by atoms with Crippen LogP contribution >= 0.6 is 0 Å². The molecule has 0 saturated carbocycles. The van der Waals surface area contributed by atoms with Gasteiger partial charge in [-0.25, -0.2) is 0 Å². The van der Waals surface area contributed by atoms with Gasteiger partial charge in [-0.2, -0.15) is 0 Å². The molecule has 25 heavy (non-hydrogen) atoms. The SMILES string of the molecule is CN1CC(=O)N2C[C@@H](NC(=O)c3ccc4nccnc4c3)C[C@H]2C1=O. The highest BCUT2D eigenvalue weighted by Crippen LogP contribution is 2.24. The van der Waals surface area contributed by atoms with Crippen molar-refractivity contribution >= 4 is 28.8 Å². The molecule has 3 amide bonds. The summed E-state index contributed by atoms with van der Waals surface area (Å²) in [4.78, 5) is 48.2. The van der Waals surface area contributed by atoms with Crippen molar-refractivity contribution in [3.63, 3.8) is 0 Å². The van der Waals surface area contributed by atoms with E-state index in [1.165, 1.54) is 4.90 Å². The fourth-order valence-electron chi connectivity index (χ4n) is 3.45. The summed E-state index contributed by atoms with van der Waals surface area (Å²) in [6.45, 7) is 0.460. The largest absolute Gasteiger partial charge is 0.347 e. The maximum absolute atomic E-state index is 12.5. The van der Waals surface area contributed by atoms with Gasteiger partial charge in [-0.15, -0.1) is 0 Å². The van der Waals surface area contributed by atoms with Crippen molar-refractivity contribution < 1.29 is 14.4 Å². The van der Waals surface area contributed by atoms with Gasteiger partial charge in [0.05, 0.1) is 17.6 Å². The number of aromatic nitrogens is 2. The zero-order chi connectivity index (χ0) is 17.6. The molecule has 1 aromatic carbocycles. The van der Waals surface area contributed by atoms with Crippen LogP contribution in [0.15, 0.2) is 30.6 Å². The second-order valence-electron chi connectivity index (χ2n) is 6.42. The van der Waals surface area contributed by atoms with Gasteiger partial charge in [0.1, 0.15) is 6.04 Å². The summed E-state index contributed by atoms with van der Waals surface area (Å²) >= 11 is 0. The summed E-state index contributed by atoms with van der Waals surface area (Å²) in [7, 11) is 1.62. The maximum Gasteiger partial charge on any atom is 0.251 e. The number of benzene rings is 1. The first-order valence-electron chi connectivity index (χ1n) is 8.09. The van der Waals surface area contributed by atoms with Gasteiger partial charge in [0, 0.05) is 37.6 Å². The molecule has 2 fully saturated rings. The first-order chi connectivity index (χ1) is 12.0. The van der Waals surface area contributed by atoms with E-state index in [-0.39, 0.29) is 30.3 Å². The van der Waals surface area contributed by atoms with Gasteiger partial charge in [-0.1, -0.05) is 0 Å². The molecule has 8 heteroatoms. The molecule has 4 rings (SSSR count). The number of hydrogen-bond acceptors (Lipinski definition) is 5. The van der Waals surface area contributed by atoms with E-state index < -0.39 is 6.04 Å². The first-order valence-corrected chi connectivity index (χ1v) is 8.09. The lowest BCUT2D eigenvalue weighted by Gasteiger charge is -2.33. The second-order valence-corrected chi connectivity index (χ2v) is 6.42. The number of carbonyl (C=O) groups excluding carboxylic acids is 3. The molecule has 0 aliphatic carbocycles. The molecule has 3 heterocycles. The smallest absolute Gasteiger partial charge is 0.251 e. The maximum atomic E-state index is 12.5. The van der Waals surface area contributed by atoms with E-state index in [0.717, 1.165) is 5.52 Å². The van der Waals surface area contributed by atoms with Crippen LogP contribution in [-0.4, -0.2) is 69.7 Å². The standard InChI is InChI=1S/C17H17N5O3/c1-21-9-15(23)22-8-11(7-14(22)17(21)25)20-16(24)10-2-3-12-13(6-10)19-5-4-18-12/h2-6,11,14H,7-9H2,1H3,(H,20,24)/t11-,14-/m0/s1. The minimum absolute atomic E-state index is 0.0719. The van der Waals surface area contributed by atoms with Gasteiger partial charge in [0.15, 0.2) is 0 Å². The Morgan fingerprint density at radius 2 is 1.96 bits per heavy atom. The summed E-state index contributed by atoms with van der Waals surface area (Å²) in [5, 5.41) is 2.92. The zero-order valence-corrected chi connectivity index (χ0v) is 13.7.